The number of rotatable bonds is 0. The summed E-state index contributed by atoms with van der Waals surface area (Å²) in [6, 6.07) is 1.69. The molecule has 0 amide bonds. The van der Waals surface area contributed by atoms with Gasteiger partial charge in [0.2, 0.25) is 0 Å². The fraction of sp³-hybridized carbons (Fsp3) is 0.250. The highest BCUT2D eigenvalue weighted by Gasteiger charge is 2.24. The third kappa shape index (κ3) is 0.975. The summed E-state index contributed by atoms with van der Waals surface area (Å²) in [5.41, 5.74) is 1.98. The topological polar surface area (TPSA) is 39.2 Å². The van der Waals surface area contributed by atoms with Crippen molar-refractivity contribution in [2.45, 2.75) is 13.5 Å². The lowest BCUT2D eigenvalue weighted by Gasteiger charge is -1.97. The maximum atomic E-state index is 11.1. The van der Waals surface area contributed by atoms with Gasteiger partial charge < -0.3 is 4.74 Å². The van der Waals surface area contributed by atoms with Crippen LogP contribution in [0, 0.1) is 6.92 Å². The van der Waals surface area contributed by atoms with Crippen molar-refractivity contribution in [2.75, 3.05) is 0 Å². The number of aromatic nitrogens is 1. The Bertz CT molecular complexity index is 362. The molecule has 0 aliphatic carbocycles. The number of carbonyl (C=O) groups excluding carboxylic acids is 1. The van der Waals surface area contributed by atoms with Crippen molar-refractivity contribution in [3.05, 3.63) is 28.0 Å². The smallest absolute Gasteiger partial charge is 0.339 e. The predicted octanol–water partition coefficient (Wildman–Crippen LogP) is 1.71. The van der Waals surface area contributed by atoms with Crippen LogP contribution >= 0.6 is 11.6 Å². The fourth-order valence-electron chi connectivity index (χ4n) is 1.20. The Labute approximate surface area is 74.3 Å². The number of aryl methyl sites for hydroxylation is 1. The van der Waals surface area contributed by atoms with E-state index in [0.29, 0.717) is 16.3 Å². The molecule has 1 aromatic rings. The second-order valence-electron chi connectivity index (χ2n) is 2.66. The van der Waals surface area contributed by atoms with Crippen LogP contribution in [0.1, 0.15) is 21.6 Å². The van der Waals surface area contributed by atoms with Gasteiger partial charge in [-0.3, -0.25) is 0 Å². The number of esters is 1. The van der Waals surface area contributed by atoms with Gasteiger partial charge in [0.15, 0.2) is 0 Å². The molecule has 0 N–H and O–H groups in total. The van der Waals surface area contributed by atoms with Crippen molar-refractivity contribution in [3.8, 4) is 0 Å². The lowest BCUT2D eigenvalue weighted by atomic mass is 10.1. The molecule has 2 heterocycles. The number of nitrogens with zero attached hydrogens (tertiary/aromatic N) is 1. The summed E-state index contributed by atoms with van der Waals surface area (Å²) in [5, 5.41) is 0.371. The maximum Gasteiger partial charge on any atom is 0.339 e. The lowest BCUT2D eigenvalue weighted by molar-refractivity contribution is 0.0535. The fourth-order valence-corrected chi connectivity index (χ4v) is 1.49. The van der Waals surface area contributed by atoms with Gasteiger partial charge in [-0.15, -0.1) is 0 Å². The summed E-state index contributed by atoms with van der Waals surface area (Å²) >= 11 is 5.80. The third-order valence-electron chi connectivity index (χ3n) is 1.77. The lowest BCUT2D eigenvalue weighted by Crippen LogP contribution is -1.95. The van der Waals surface area contributed by atoms with Gasteiger partial charge in [0.25, 0.3) is 0 Å². The molecule has 1 aromatic heterocycles. The summed E-state index contributed by atoms with van der Waals surface area (Å²) in [4.78, 5) is 15.1. The number of hydrogen-bond donors (Lipinski definition) is 0. The van der Waals surface area contributed by atoms with Gasteiger partial charge in [-0.25, -0.2) is 9.78 Å². The van der Waals surface area contributed by atoms with Crippen LogP contribution in [-0.2, 0) is 11.3 Å². The molecule has 0 fully saturated rings. The Kier molecular flexibility index (Phi) is 1.54. The second kappa shape index (κ2) is 2.45. The first-order chi connectivity index (χ1) is 5.68. The van der Waals surface area contributed by atoms with Crippen molar-refractivity contribution >= 4 is 17.6 Å². The van der Waals surface area contributed by atoms with Crippen molar-refractivity contribution in [2.24, 2.45) is 0 Å². The van der Waals surface area contributed by atoms with E-state index in [9.17, 15) is 4.79 Å². The van der Waals surface area contributed by atoms with E-state index in [0.717, 1.165) is 5.69 Å². The van der Waals surface area contributed by atoms with Crippen molar-refractivity contribution in [1.82, 2.24) is 4.98 Å². The summed E-state index contributed by atoms with van der Waals surface area (Å²) in [6.07, 6.45) is 0. The van der Waals surface area contributed by atoms with E-state index in [2.05, 4.69) is 4.98 Å². The highest BCUT2D eigenvalue weighted by atomic mass is 35.5. The van der Waals surface area contributed by atoms with Gasteiger partial charge in [-0.05, 0) is 13.0 Å². The molecule has 4 heteroatoms. The molecule has 0 radical (unpaired) electrons. The standard InChI is InChI=1S/C8H6ClNO2/c1-4-2-5-6(7(9)10-4)3-12-8(5)11/h2H,3H2,1H3. The molecule has 0 atom stereocenters. The Morgan fingerprint density at radius 2 is 2.42 bits per heavy atom. The van der Waals surface area contributed by atoms with Crippen LogP contribution in [0.5, 0.6) is 0 Å². The van der Waals surface area contributed by atoms with E-state index in [1.54, 1.807) is 13.0 Å². The van der Waals surface area contributed by atoms with Crippen LogP contribution in [0.15, 0.2) is 6.07 Å². The Balaban J connectivity index is 2.68. The minimum absolute atomic E-state index is 0.250. The van der Waals surface area contributed by atoms with Gasteiger partial charge in [-0.2, -0.15) is 0 Å². The number of halogens is 1. The molecule has 0 spiro atoms. The number of cyclic esters (lactones) is 1. The van der Waals surface area contributed by atoms with E-state index in [1.165, 1.54) is 0 Å². The van der Waals surface area contributed by atoms with Gasteiger partial charge in [0, 0.05) is 11.3 Å². The van der Waals surface area contributed by atoms with Crippen LogP contribution < -0.4 is 0 Å². The molecule has 0 saturated carbocycles. The molecule has 1 aliphatic heterocycles. The Morgan fingerprint density at radius 1 is 1.67 bits per heavy atom. The molecular weight excluding hydrogens is 178 g/mol. The molecule has 0 saturated heterocycles. The molecule has 12 heavy (non-hydrogen) atoms. The van der Waals surface area contributed by atoms with Crippen LogP contribution in [0.4, 0.5) is 0 Å². The Morgan fingerprint density at radius 3 is 3.17 bits per heavy atom. The molecule has 3 nitrogen and oxygen atoms in total. The number of hydrogen-bond acceptors (Lipinski definition) is 3. The highest BCUT2D eigenvalue weighted by molar-refractivity contribution is 6.30. The number of fused-ring (bicyclic) bond motifs is 1. The second-order valence-corrected chi connectivity index (χ2v) is 3.01. The molecule has 1 aliphatic rings. The quantitative estimate of drug-likeness (QED) is 0.454. The number of pyridine rings is 1. The maximum absolute atomic E-state index is 11.1. The zero-order valence-corrected chi connectivity index (χ0v) is 7.18. The minimum Gasteiger partial charge on any atom is -0.457 e. The van der Waals surface area contributed by atoms with Crippen LogP contribution in [-0.4, -0.2) is 11.0 Å². The molecular formula is C8H6ClNO2. The van der Waals surface area contributed by atoms with E-state index >= 15 is 0 Å². The third-order valence-corrected chi connectivity index (χ3v) is 2.08. The monoisotopic (exact) mass is 183 g/mol. The van der Waals surface area contributed by atoms with Gasteiger partial charge in [-0.1, -0.05) is 11.6 Å². The highest BCUT2D eigenvalue weighted by Crippen LogP contribution is 2.25. The van der Waals surface area contributed by atoms with Gasteiger partial charge >= 0.3 is 5.97 Å². The molecule has 0 bridgehead atoms. The average Bonchev–Trinajstić information content (AvgIpc) is 2.33. The zero-order valence-electron chi connectivity index (χ0n) is 6.43. The van der Waals surface area contributed by atoms with Gasteiger partial charge in [0.05, 0.1) is 5.56 Å². The van der Waals surface area contributed by atoms with Crippen molar-refractivity contribution < 1.29 is 9.53 Å². The van der Waals surface area contributed by atoms with Crippen LogP contribution in [0.2, 0.25) is 5.15 Å². The zero-order chi connectivity index (χ0) is 8.72. The first-order valence-corrected chi connectivity index (χ1v) is 3.89. The summed E-state index contributed by atoms with van der Waals surface area (Å²) in [7, 11) is 0. The first-order valence-electron chi connectivity index (χ1n) is 3.51. The molecule has 62 valence electrons. The van der Waals surface area contributed by atoms with E-state index in [1.807, 2.05) is 0 Å². The number of ether oxygens (including phenoxy) is 1. The van der Waals surface area contributed by atoms with Gasteiger partial charge in [0.1, 0.15) is 11.8 Å². The summed E-state index contributed by atoms with van der Waals surface area (Å²) < 4.78 is 4.80. The summed E-state index contributed by atoms with van der Waals surface area (Å²) in [6.45, 7) is 2.04. The first kappa shape index (κ1) is 7.55. The molecule has 0 unspecified atom stereocenters. The average molecular weight is 184 g/mol. The van der Waals surface area contributed by atoms with Crippen molar-refractivity contribution in [3.63, 3.8) is 0 Å². The predicted molar refractivity (Wildman–Crippen MR) is 43.1 cm³/mol. The van der Waals surface area contributed by atoms with E-state index < -0.39 is 0 Å². The van der Waals surface area contributed by atoms with Crippen molar-refractivity contribution in [1.29, 1.82) is 0 Å². The van der Waals surface area contributed by atoms with E-state index in [4.69, 9.17) is 16.3 Å². The SMILES string of the molecule is Cc1cc2c(c(Cl)n1)COC2=O. The van der Waals surface area contributed by atoms with E-state index in [-0.39, 0.29) is 12.6 Å². The molecule has 0 aromatic carbocycles. The minimum atomic E-state index is -0.308. The number of carbonyl (C=O) groups is 1. The molecule has 2 rings (SSSR count). The summed E-state index contributed by atoms with van der Waals surface area (Å²) in [5.74, 6) is -0.308. The van der Waals surface area contributed by atoms with Crippen LogP contribution in [0.25, 0.3) is 0 Å². The Hall–Kier alpha value is -1.09. The largest absolute Gasteiger partial charge is 0.457 e. The van der Waals surface area contributed by atoms with Crippen LogP contribution in [0.3, 0.4) is 0 Å². The normalized spacial score (nSPS) is 14.3.